The van der Waals surface area contributed by atoms with Gasteiger partial charge >= 0.3 is 0 Å². The number of likely N-dealkylation sites (N-methyl/N-ethyl adjacent to an activating group) is 1. The summed E-state index contributed by atoms with van der Waals surface area (Å²) in [6.45, 7) is 7.24. The third kappa shape index (κ3) is 3.98. The van der Waals surface area contributed by atoms with Gasteiger partial charge in [0.25, 0.3) is 5.91 Å². The zero-order valence-corrected chi connectivity index (χ0v) is 17.0. The lowest BCUT2D eigenvalue weighted by molar-refractivity contribution is 0.0656. The maximum atomic E-state index is 13.2. The molecular weight excluding hydrogens is 350 g/mol. The first-order chi connectivity index (χ1) is 13.7. The van der Waals surface area contributed by atoms with E-state index in [1.807, 2.05) is 15.6 Å². The van der Waals surface area contributed by atoms with Gasteiger partial charge in [-0.25, -0.2) is 0 Å². The largest absolute Gasteiger partial charge is 0.335 e. The van der Waals surface area contributed by atoms with Gasteiger partial charge in [0.15, 0.2) is 5.69 Å². The van der Waals surface area contributed by atoms with Gasteiger partial charge in [-0.15, -0.1) is 0 Å². The third-order valence-electron chi connectivity index (χ3n) is 6.08. The summed E-state index contributed by atoms with van der Waals surface area (Å²) >= 11 is 0. The Kier molecular flexibility index (Phi) is 5.78. The SMILES string of the molecule is CCn1nc(C(=O)N2CCN(C)CC2)c2c1CCC(NCc1ccccc1)C2. The van der Waals surface area contributed by atoms with Crippen LogP contribution in [0, 0.1) is 0 Å². The molecule has 4 rings (SSSR count). The van der Waals surface area contributed by atoms with Gasteiger partial charge in [-0.05, 0) is 38.8 Å². The Morgan fingerprint density at radius 2 is 1.93 bits per heavy atom. The summed E-state index contributed by atoms with van der Waals surface area (Å²) in [4.78, 5) is 17.5. The van der Waals surface area contributed by atoms with Crippen molar-refractivity contribution < 1.29 is 4.79 Å². The molecule has 2 heterocycles. The Hall–Kier alpha value is -2.18. The number of nitrogens with zero attached hydrogens (tertiary/aromatic N) is 4. The zero-order valence-electron chi connectivity index (χ0n) is 17.0. The van der Waals surface area contributed by atoms with Gasteiger partial charge in [-0.3, -0.25) is 9.48 Å². The van der Waals surface area contributed by atoms with E-state index in [9.17, 15) is 4.79 Å². The van der Waals surface area contributed by atoms with Crippen molar-refractivity contribution in [3.8, 4) is 0 Å². The molecule has 6 nitrogen and oxygen atoms in total. The van der Waals surface area contributed by atoms with Crippen molar-refractivity contribution in [1.82, 2.24) is 24.9 Å². The average molecular weight is 382 g/mol. The first-order valence-corrected chi connectivity index (χ1v) is 10.5. The van der Waals surface area contributed by atoms with Crippen LogP contribution in [0.15, 0.2) is 30.3 Å². The lowest BCUT2D eigenvalue weighted by Crippen LogP contribution is -2.47. The molecule has 1 N–H and O–H groups in total. The Labute approximate surface area is 167 Å². The smallest absolute Gasteiger partial charge is 0.274 e. The number of amides is 1. The summed E-state index contributed by atoms with van der Waals surface area (Å²) in [6, 6.07) is 10.9. The second kappa shape index (κ2) is 8.45. The van der Waals surface area contributed by atoms with Crippen LogP contribution in [0.25, 0.3) is 0 Å². The second-order valence-corrected chi connectivity index (χ2v) is 7.99. The van der Waals surface area contributed by atoms with Crippen LogP contribution in [0.4, 0.5) is 0 Å². The number of carbonyl (C=O) groups is 1. The van der Waals surface area contributed by atoms with Crippen LogP contribution in [0.5, 0.6) is 0 Å². The van der Waals surface area contributed by atoms with Gasteiger partial charge in [0.1, 0.15) is 0 Å². The normalized spacial score (nSPS) is 20.2. The molecule has 1 aromatic heterocycles. The minimum absolute atomic E-state index is 0.111. The summed E-state index contributed by atoms with van der Waals surface area (Å²) in [5.41, 5.74) is 4.42. The quantitative estimate of drug-likeness (QED) is 0.860. The summed E-state index contributed by atoms with van der Waals surface area (Å²) < 4.78 is 2.05. The van der Waals surface area contributed by atoms with Gasteiger partial charge in [0.05, 0.1) is 0 Å². The number of hydrogen-bond acceptors (Lipinski definition) is 4. The van der Waals surface area contributed by atoms with Gasteiger partial charge < -0.3 is 15.1 Å². The molecule has 6 heteroatoms. The lowest BCUT2D eigenvalue weighted by Gasteiger charge is -2.32. The number of aryl methyl sites for hydroxylation is 1. The molecule has 1 aromatic carbocycles. The van der Waals surface area contributed by atoms with E-state index >= 15 is 0 Å². The first kappa shape index (κ1) is 19.2. The fourth-order valence-electron chi connectivity index (χ4n) is 4.31. The molecule has 1 aliphatic heterocycles. The van der Waals surface area contributed by atoms with E-state index in [0.29, 0.717) is 11.7 Å². The molecule has 28 heavy (non-hydrogen) atoms. The molecule has 1 unspecified atom stereocenters. The van der Waals surface area contributed by atoms with Gasteiger partial charge in [0.2, 0.25) is 0 Å². The Morgan fingerprint density at radius 1 is 1.18 bits per heavy atom. The number of aromatic nitrogens is 2. The van der Waals surface area contributed by atoms with Crippen molar-refractivity contribution >= 4 is 5.91 Å². The number of rotatable bonds is 5. The molecule has 1 aliphatic carbocycles. The summed E-state index contributed by atoms with van der Waals surface area (Å²) in [5, 5.41) is 8.43. The van der Waals surface area contributed by atoms with E-state index in [-0.39, 0.29) is 5.91 Å². The first-order valence-electron chi connectivity index (χ1n) is 10.5. The highest BCUT2D eigenvalue weighted by atomic mass is 16.2. The number of carbonyl (C=O) groups excluding carboxylic acids is 1. The van der Waals surface area contributed by atoms with Gasteiger partial charge in [-0.2, -0.15) is 5.10 Å². The molecule has 2 aromatic rings. The molecule has 0 bridgehead atoms. The topological polar surface area (TPSA) is 53.4 Å². The molecule has 1 atom stereocenters. The third-order valence-corrected chi connectivity index (χ3v) is 6.08. The highest BCUT2D eigenvalue weighted by Crippen LogP contribution is 2.26. The molecule has 1 amide bonds. The Bertz CT molecular complexity index is 808. The van der Waals surface area contributed by atoms with E-state index in [1.165, 1.54) is 16.8 Å². The number of fused-ring (bicyclic) bond motifs is 1. The van der Waals surface area contributed by atoms with Crippen LogP contribution in [-0.4, -0.2) is 64.8 Å². The number of piperazine rings is 1. The second-order valence-electron chi connectivity index (χ2n) is 7.99. The predicted octanol–water partition coefficient (Wildman–Crippen LogP) is 1.94. The Balaban J connectivity index is 1.49. The van der Waals surface area contributed by atoms with Gasteiger partial charge in [0, 0.05) is 56.6 Å². The van der Waals surface area contributed by atoms with E-state index < -0.39 is 0 Å². The maximum absolute atomic E-state index is 13.2. The summed E-state index contributed by atoms with van der Waals surface area (Å²) in [6.07, 6.45) is 2.96. The number of hydrogen-bond donors (Lipinski definition) is 1. The molecule has 1 fully saturated rings. The standard InChI is InChI=1S/C22H31N5O/c1-3-27-20-10-9-18(23-16-17-7-5-4-6-8-17)15-19(20)21(24-27)22(28)26-13-11-25(2)12-14-26/h4-8,18,23H,3,9-16H2,1-2H3. The van der Waals surface area contributed by atoms with E-state index in [1.54, 1.807) is 0 Å². The van der Waals surface area contributed by atoms with E-state index in [4.69, 9.17) is 5.10 Å². The zero-order chi connectivity index (χ0) is 19.5. The molecule has 1 saturated heterocycles. The van der Waals surface area contributed by atoms with Gasteiger partial charge in [-0.1, -0.05) is 30.3 Å². The average Bonchev–Trinajstić information content (AvgIpc) is 3.11. The van der Waals surface area contributed by atoms with Crippen molar-refractivity contribution in [2.24, 2.45) is 0 Å². The van der Waals surface area contributed by atoms with Crippen molar-refractivity contribution in [2.75, 3.05) is 33.2 Å². The Morgan fingerprint density at radius 3 is 2.64 bits per heavy atom. The van der Waals surface area contributed by atoms with E-state index in [2.05, 4.69) is 48.5 Å². The van der Waals surface area contributed by atoms with Crippen LogP contribution < -0.4 is 5.32 Å². The fraction of sp³-hybridized carbons (Fsp3) is 0.545. The van der Waals surface area contributed by atoms with Crippen molar-refractivity contribution in [1.29, 1.82) is 0 Å². The highest BCUT2D eigenvalue weighted by molar-refractivity contribution is 5.94. The number of benzene rings is 1. The summed E-state index contributed by atoms with van der Waals surface area (Å²) in [7, 11) is 2.11. The molecule has 0 saturated carbocycles. The highest BCUT2D eigenvalue weighted by Gasteiger charge is 2.31. The fourth-order valence-corrected chi connectivity index (χ4v) is 4.31. The van der Waals surface area contributed by atoms with Crippen molar-refractivity contribution in [2.45, 2.75) is 45.3 Å². The maximum Gasteiger partial charge on any atom is 0.274 e. The van der Waals surface area contributed by atoms with Crippen LogP contribution in [0.1, 0.15) is 40.7 Å². The summed E-state index contributed by atoms with van der Waals surface area (Å²) in [5.74, 6) is 0.111. The monoisotopic (exact) mass is 381 g/mol. The lowest BCUT2D eigenvalue weighted by atomic mass is 9.90. The van der Waals surface area contributed by atoms with Crippen molar-refractivity contribution in [3.05, 3.63) is 52.8 Å². The predicted molar refractivity (Wildman–Crippen MR) is 110 cm³/mol. The molecule has 0 radical (unpaired) electrons. The minimum Gasteiger partial charge on any atom is -0.335 e. The molecule has 0 spiro atoms. The van der Waals surface area contributed by atoms with E-state index in [0.717, 1.165) is 58.5 Å². The number of nitrogens with one attached hydrogen (secondary N) is 1. The minimum atomic E-state index is 0.111. The molecular formula is C22H31N5O. The molecule has 2 aliphatic rings. The molecule has 150 valence electrons. The van der Waals surface area contributed by atoms with Crippen molar-refractivity contribution in [3.63, 3.8) is 0 Å². The van der Waals surface area contributed by atoms with Crippen LogP contribution in [0.3, 0.4) is 0 Å². The van der Waals surface area contributed by atoms with Crippen LogP contribution >= 0.6 is 0 Å². The van der Waals surface area contributed by atoms with Crippen LogP contribution in [0.2, 0.25) is 0 Å². The van der Waals surface area contributed by atoms with Crippen LogP contribution in [-0.2, 0) is 25.9 Å².